The quantitative estimate of drug-likeness (QED) is 0.507. The Morgan fingerprint density at radius 3 is 2.84 bits per heavy atom. The third-order valence-corrected chi connectivity index (χ3v) is 5.68. The van der Waals surface area contributed by atoms with Crippen molar-refractivity contribution in [3.63, 3.8) is 0 Å². The smallest absolute Gasteiger partial charge is 0.315 e. The van der Waals surface area contributed by atoms with Crippen LogP contribution in [-0.4, -0.2) is 11.9 Å². The Bertz CT molecular complexity index is 1110. The molecular formula is C25H26FN3O3. The molecule has 1 aliphatic carbocycles. The lowest BCUT2D eigenvalue weighted by molar-refractivity contribution is -0.115. The Morgan fingerprint density at radius 2 is 2.00 bits per heavy atom. The summed E-state index contributed by atoms with van der Waals surface area (Å²) >= 11 is 0. The van der Waals surface area contributed by atoms with Crippen molar-refractivity contribution in [2.24, 2.45) is 0 Å². The van der Waals surface area contributed by atoms with Crippen LogP contribution >= 0.6 is 0 Å². The number of benzene rings is 2. The van der Waals surface area contributed by atoms with E-state index in [1.54, 1.807) is 36.6 Å². The van der Waals surface area contributed by atoms with Gasteiger partial charge in [0.1, 0.15) is 11.6 Å². The summed E-state index contributed by atoms with van der Waals surface area (Å²) in [4.78, 5) is 24.9. The van der Waals surface area contributed by atoms with Gasteiger partial charge in [-0.15, -0.1) is 0 Å². The average Bonchev–Trinajstić information content (AvgIpc) is 3.25. The summed E-state index contributed by atoms with van der Waals surface area (Å²) in [5, 5.41) is 8.77. The van der Waals surface area contributed by atoms with Crippen molar-refractivity contribution in [2.75, 3.05) is 5.32 Å². The lowest BCUT2D eigenvalue weighted by atomic mass is 9.93. The van der Waals surface area contributed by atoms with Crippen molar-refractivity contribution in [1.82, 2.24) is 10.6 Å². The van der Waals surface area contributed by atoms with Gasteiger partial charge in [0.15, 0.2) is 0 Å². The van der Waals surface area contributed by atoms with E-state index >= 15 is 0 Å². The monoisotopic (exact) mass is 435 g/mol. The number of amides is 3. The fourth-order valence-corrected chi connectivity index (χ4v) is 4.02. The van der Waals surface area contributed by atoms with Gasteiger partial charge in [-0.2, -0.15) is 0 Å². The number of rotatable bonds is 6. The molecule has 0 radical (unpaired) electrons. The number of aryl methyl sites for hydroxylation is 1. The van der Waals surface area contributed by atoms with Crippen molar-refractivity contribution < 1.29 is 18.4 Å². The molecule has 3 amide bonds. The number of carbonyl (C=O) groups excluding carboxylic acids is 2. The maximum atomic E-state index is 13.8. The second-order valence-corrected chi connectivity index (χ2v) is 8.03. The minimum Gasteiger partial charge on any atom is -0.469 e. The summed E-state index contributed by atoms with van der Waals surface area (Å²) in [6.07, 6.45) is 4.35. The number of anilines is 1. The minimum atomic E-state index is -0.402. The molecule has 0 saturated carbocycles. The highest BCUT2D eigenvalue weighted by atomic mass is 19.1. The normalized spacial score (nSPS) is 16.0. The van der Waals surface area contributed by atoms with Gasteiger partial charge in [-0.05, 0) is 55.2 Å². The molecule has 0 spiro atoms. The molecule has 2 unspecified atom stereocenters. The molecule has 4 rings (SSSR count). The van der Waals surface area contributed by atoms with E-state index in [9.17, 15) is 14.0 Å². The van der Waals surface area contributed by atoms with Crippen molar-refractivity contribution in [3.05, 3.63) is 89.1 Å². The topological polar surface area (TPSA) is 83.4 Å². The molecule has 1 aliphatic rings. The van der Waals surface area contributed by atoms with E-state index in [1.165, 1.54) is 6.07 Å². The number of carbonyl (C=O) groups is 2. The molecule has 6 nitrogen and oxygen atoms in total. The molecular weight excluding hydrogens is 409 g/mol. The lowest BCUT2D eigenvalue weighted by Crippen LogP contribution is -2.40. The minimum absolute atomic E-state index is 0.0511. The van der Waals surface area contributed by atoms with E-state index in [4.69, 9.17) is 4.42 Å². The zero-order valence-corrected chi connectivity index (χ0v) is 17.9. The Morgan fingerprint density at radius 1 is 1.16 bits per heavy atom. The Labute approximate surface area is 186 Å². The van der Waals surface area contributed by atoms with Gasteiger partial charge in [-0.25, -0.2) is 9.18 Å². The van der Waals surface area contributed by atoms with Gasteiger partial charge in [0.05, 0.1) is 24.8 Å². The standard InChI is InChI=1S/C25H26FN3O3/c1-16(27-25(31)29-22-10-5-11-23-20(22)12-13-32-23)17-7-4-8-19(14-17)28-24(30)15-18-6-2-3-9-21(18)26/h2-4,6-9,12-14,16,22H,5,10-11,15H2,1H3,(H,28,30)(H2,27,29,31). The van der Waals surface area contributed by atoms with Crippen molar-refractivity contribution in [3.8, 4) is 0 Å². The summed E-state index contributed by atoms with van der Waals surface area (Å²) in [6, 6.07) is 14.8. The van der Waals surface area contributed by atoms with E-state index in [1.807, 2.05) is 25.1 Å². The first-order valence-electron chi connectivity index (χ1n) is 10.8. The van der Waals surface area contributed by atoms with E-state index in [-0.39, 0.29) is 30.4 Å². The second kappa shape index (κ2) is 9.68. The summed E-state index contributed by atoms with van der Waals surface area (Å²) in [7, 11) is 0. The average molecular weight is 435 g/mol. The maximum absolute atomic E-state index is 13.8. The van der Waals surface area contributed by atoms with Crippen LogP contribution in [0.4, 0.5) is 14.9 Å². The van der Waals surface area contributed by atoms with E-state index in [2.05, 4.69) is 16.0 Å². The Kier molecular flexibility index (Phi) is 6.54. The molecule has 32 heavy (non-hydrogen) atoms. The molecule has 2 aromatic carbocycles. The number of hydrogen-bond acceptors (Lipinski definition) is 3. The van der Waals surface area contributed by atoms with Gasteiger partial charge in [-0.1, -0.05) is 30.3 Å². The van der Waals surface area contributed by atoms with Crippen LogP contribution in [0, 0.1) is 5.82 Å². The van der Waals surface area contributed by atoms with Crippen LogP contribution in [0.1, 0.15) is 54.3 Å². The van der Waals surface area contributed by atoms with Crippen LogP contribution < -0.4 is 16.0 Å². The fourth-order valence-electron chi connectivity index (χ4n) is 4.02. The molecule has 3 aromatic rings. The first-order chi connectivity index (χ1) is 15.5. The SMILES string of the molecule is CC(NC(=O)NC1CCCc2occc21)c1cccc(NC(=O)Cc2ccccc2F)c1. The molecule has 0 fully saturated rings. The number of halogens is 1. The number of urea groups is 1. The van der Waals surface area contributed by atoms with Crippen molar-refractivity contribution in [2.45, 2.75) is 44.7 Å². The molecule has 0 aliphatic heterocycles. The Hall–Kier alpha value is -3.61. The van der Waals surface area contributed by atoms with Gasteiger partial charge in [0.25, 0.3) is 0 Å². The Balaban J connectivity index is 1.34. The van der Waals surface area contributed by atoms with Gasteiger partial charge >= 0.3 is 6.03 Å². The van der Waals surface area contributed by atoms with Gasteiger partial charge in [0.2, 0.25) is 5.91 Å². The van der Waals surface area contributed by atoms with E-state index in [0.717, 1.165) is 36.1 Å². The fraction of sp³-hybridized carbons (Fsp3) is 0.280. The number of hydrogen-bond donors (Lipinski definition) is 3. The van der Waals surface area contributed by atoms with Crippen LogP contribution in [0.3, 0.4) is 0 Å². The zero-order chi connectivity index (χ0) is 22.5. The third kappa shape index (κ3) is 5.17. The maximum Gasteiger partial charge on any atom is 0.315 e. The predicted molar refractivity (Wildman–Crippen MR) is 120 cm³/mol. The van der Waals surface area contributed by atoms with Gasteiger partial charge < -0.3 is 20.4 Å². The largest absolute Gasteiger partial charge is 0.469 e. The lowest BCUT2D eigenvalue weighted by Gasteiger charge is -2.24. The number of furan rings is 1. The highest BCUT2D eigenvalue weighted by Gasteiger charge is 2.24. The van der Waals surface area contributed by atoms with Crippen LogP contribution in [0.25, 0.3) is 0 Å². The predicted octanol–water partition coefficient (Wildman–Crippen LogP) is 5.04. The van der Waals surface area contributed by atoms with E-state index in [0.29, 0.717) is 11.3 Å². The summed E-state index contributed by atoms with van der Waals surface area (Å²) in [5.41, 5.74) is 2.82. The molecule has 0 saturated heterocycles. The third-order valence-electron chi connectivity index (χ3n) is 5.68. The molecule has 0 bridgehead atoms. The molecule has 3 N–H and O–H groups in total. The van der Waals surface area contributed by atoms with Crippen molar-refractivity contribution >= 4 is 17.6 Å². The highest BCUT2D eigenvalue weighted by Crippen LogP contribution is 2.30. The zero-order valence-electron chi connectivity index (χ0n) is 17.9. The second-order valence-electron chi connectivity index (χ2n) is 8.03. The highest BCUT2D eigenvalue weighted by molar-refractivity contribution is 5.92. The van der Waals surface area contributed by atoms with E-state index < -0.39 is 5.82 Å². The first-order valence-corrected chi connectivity index (χ1v) is 10.8. The van der Waals surface area contributed by atoms with Crippen LogP contribution in [0.15, 0.2) is 65.3 Å². The van der Waals surface area contributed by atoms with Crippen LogP contribution in [0.2, 0.25) is 0 Å². The summed E-state index contributed by atoms with van der Waals surface area (Å²) in [6.45, 7) is 1.88. The molecule has 1 aromatic heterocycles. The molecule has 2 atom stereocenters. The van der Waals surface area contributed by atoms with Gasteiger partial charge in [-0.3, -0.25) is 4.79 Å². The summed E-state index contributed by atoms with van der Waals surface area (Å²) < 4.78 is 19.3. The molecule has 166 valence electrons. The number of fused-ring (bicyclic) bond motifs is 1. The first kappa shape index (κ1) is 21.6. The summed E-state index contributed by atoms with van der Waals surface area (Å²) in [5.74, 6) is 0.230. The molecule has 7 heteroatoms. The molecule has 1 heterocycles. The van der Waals surface area contributed by atoms with Gasteiger partial charge in [0, 0.05) is 17.7 Å². The van der Waals surface area contributed by atoms with Crippen LogP contribution in [0.5, 0.6) is 0 Å². The number of nitrogens with one attached hydrogen (secondary N) is 3. The van der Waals surface area contributed by atoms with Crippen LogP contribution in [-0.2, 0) is 17.6 Å². The van der Waals surface area contributed by atoms with Crippen molar-refractivity contribution in [1.29, 1.82) is 0 Å².